The first-order valence-electron chi connectivity index (χ1n) is 5.04. The van der Waals surface area contributed by atoms with Gasteiger partial charge in [-0.1, -0.05) is 11.6 Å². The van der Waals surface area contributed by atoms with Crippen molar-refractivity contribution in [2.45, 2.75) is 18.4 Å². The summed E-state index contributed by atoms with van der Waals surface area (Å²) in [5.41, 5.74) is 9.10. The summed E-state index contributed by atoms with van der Waals surface area (Å²) in [5, 5.41) is 3.07. The zero-order valence-corrected chi connectivity index (χ0v) is 11.0. The van der Waals surface area contributed by atoms with E-state index in [0.29, 0.717) is 6.54 Å². The summed E-state index contributed by atoms with van der Waals surface area (Å²) in [6.45, 7) is 2.62. The Kier molecular flexibility index (Phi) is 3.63. The second-order valence-corrected chi connectivity index (χ2v) is 5.33. The van der Waals surface area contributed by atoms with Gasteiger partial charge in [0.2, 0.25) is 0 Å². The van der Waals surface area contributed by atoms with Gasteiger partial charge in [-0.15, -0.1) is 23.1 Å². The lowest BCUT2D eigenvalue weighted by Gasteiger charge is -2.05. The molecule has 1 heterocycles. The molecule has 0 amide bonds. The van der Waals surface area contributed by atoms with Crippen LogP contribution < -0.4 is 5.73 Å². The maximum absolute atomic E-state index is 5.58. The van der Waals surface area contributed by atoms with Crippen molar-refractivity contribution in [1.82, 2.24) is 4.98 Å². The average molecular weight is 250 g/mol. The maximum atomic E-state index is 5.58. The predicted molar refractivity (Wildman–Crippen MR) is 72.0 cm³/mol. The molecule has 0 saturated carbocycles. The highest BCUT2D eigenvalue weighted by atomic mass is 32.2. The standard InChI is InChI=1S/C12H14N2S2/c1-8-3-4-11(15-2)9(5-8)10-7-16-12(6-13)14-10/h3-5,7H,6,13H2,1-2H3. The van der Waals surface area contributed by atoms with Crippen LogP contribution in [0.3, 0.4) is 0 Å². The Labute approximate surface area is 104 Å². The topological polar surface area (TPSA) is 38.9 Å². The summed E-state index contributed by atoms with van der Waals surface area (Å²) in [6.07, 6.45) is 2.09. The van der Waals surface area contributed by atoms with Crippen molar-refractivity contribution in [3.05, 3.63) is 34.2 Å². The molecule has 0 aliphatic rings. The SMILES string of the molecule is CSc1ccc(C)cc1-c1csc(CN)n1. The third kappa shape index (κ3) is 2.29. The normalized spacial score (nSPS) is 10.7. The number of benzene rings is 1. The van der Waals surface area contributed by atoms with Gasteiger partial charge >= 0.3 is 0 Å². The molecular formula is C12H14N2S2. The fourth-order valence-corrected chi connectivity index (χ4v) is 2.81. The van der Waals surface area contributed by atoms with E-state index in [1.807, 2.05) is 0 Å². The number of nitrogens with two attached hydrogens (primary N) is 1. The molecule has 0 aliphatic carbocycles. The summed E-state index contributed by atoms with van der Waals surface area (Å²) in [4.78, 5) is 5.79. The van der Waals surface area contributed by atoms with E-state index in [2.05, 4.69) is 41.7 Å². The highest BCUT2D eigenvalue weighted by Gasteiger charge is 2.08. The molecule has 2 aromatic rings. The third-order valence-electron chi connectivity index (χ3n) is 2.36. The monoisotopic (exact) mass is 250 g/mol. The van der Waals surface area contributed by atoms with Crippen molar-refractivity contribution in [2.75, 3.05) is 6.26 Å². The van der Waals surface area contributed by atoms with Crippen molar-refractivity contribution in [3.63, 3.8) is 0 Å². The van der Waals surface area contributed by atoms with Crippen LogP contribution in [0.1, 0.15) is 10.6 Å². The fourth-order valence-electron chi connectivity index (χ4n) is 1.55. The van der Waals surface area contributed by atoms with Crippen molar-refractivity contribution < 1.29 is 0 Å². The number of aromatic nitrogens is 1. The van der Waals surface area contributed by atoms with Gasteiger partial charge in [0.15, 0.2) is 0 Å². The summed E-state index contributed by atoms with van der Waals surface area (Å²) in [7, 11) is 0. The molecule has 2 nitrogen and oxygen atoms in total. The number of hydrogen-bond acceptors (Lipinski definition) is 4. The van der Waals surface area contributed by atoms with Gasteiger partial charge in [-0.25, -0.2) is 4.98 Å². The van der Waals surface area contributed by atoms with Crippen LogP contribution in [0, 0.1) is 6.92 Å². The lowest BCUT2D eigenvalue weighted by molar-refractivity contribution is 1.04. The summed E-state index contributed by atoms with van der Waals surface area (Å²) < 4.78 is 0. The Morgan fingerprint density at radius 2 is 2.25 bits per heavy atom. The molecule has 0 bridgehead atoms. The number of aryl methyl sites for hydroxylation is 1. The predicted octanol–water partition coefficient (Wildman–Crippen LogP) is 3.30. The Morgan fingerprint density at radius 3 is 2.88 bits per heavy atom. The Morgan fingerprint density at radius 1 is 1.44 bits per heavy atom. The number of thiazole rings is 1. The maximum Gasteiger partial charge on any atom is 0.107 e. The van der Waals surface area contributed by atoms with Crippen LogP contribution in [0.25, 0.3) is 11.3 Å². The van der Waals surface area contributed by atoms with Crippen molar-refractivity contribution >= 4 is 23.1 Å². The highest BCUT2D eigenvalue weighted by molar-refractivity contribution is 7.98. The molecule has 1 aromatic carbocycles. The highest BCUT2D eigenvalue weighted by Crippen LogP contribution is 2.31. The van der Waals surface area contributed by atoms with Gasteiger partial charge in [0.05, 0.1) is 5.69 Å². The van der Waals surface area contributed by atoms with Crippen LogP contribution in [0.2, 0.25) is 0 Å². The van der Waals surface area contributed by atoms with Gasteiger partial charge in [0.1, 0.15) is 5.01 Å². The van der Waals surface area contributed by atoms with E-state index < -0.39 is 0 Å². The molecule has 0 spiro atoms. The largest absolute Gasteiger partial charge is 0.325 e. The van der Waals surface area contributed by atoms with E-state index >= 15 is 0 Å². The molecule has 0 aliphatic heterocycles. The minimum atomic E-state index is 0.519. The zero-order chi connectivity index (χ0) is 11.5. The third-order valence-corrected chi connectivity index (χ3v) is 4.02. The molecule has 1 aromatic heterocycles. The van der Waals surface area contributed by atoms with Gasteiger partial charge < -0.3 is 5.73 Å². The molecule has 0 fully saturated rings. The minimum absolute atomic E-state index is 0.519. The molecule has 2 rings (SSSR count). The van der Waals surface area contributed by atoms with E-state index in [-0.39, 0.29) is 0 Å². The minimum Gasteiger partial charge on any atom is -0.325 e. The zero-order valence-electron chi connectivity index (χ0n) is 9.36. The first kappa shape index (κ1) is 11.6. The number of hydrogen-bond donors (Lipinski definition) is 1. The second-order valence-electron chi connectivity index (χ2n) is 3.53. The van der Waals surface area contributed by atoms with Crippen molar-refractivity contribution in [1.29, 1.82) is 0 Å². The Hall–Kier alpha value is -0.840. The first-order chi connectivity index (χ1) is 7.74. The van der Waals surface area contributed by atoms with Crippen LogP contribution in [-0.4, -0.2) is 11.2 Å². The molecule has 2 N–H and O–H groups in total. The summed E-state index contributed by atoms with van der Waals surface area (Å²) in [5.74, 6) is 0. The second kappa shape index (κ2) is 4.99. The smallest absolute Gasteiger partial charge is 0.107 e. The van der Waals surface area contributed by atoms with Gasteiger partial charge in [0.25, 0.3) is 0 Å². The van der Waals surface area contributed by atoms with Crippen LogP contribution in [0.4, 0.5) is 0 Å². The first-order valence-corrected chi connectivity index (χ1v) is 7.14. The lowest BCUT2D eigenvalue weighted by atomic mass is 10.1. The van der Waals surface area contributed by atoms with Crippen LogP contribution in [0.5, 0.6) is 0 Å². The van der Waals surface area contributed by atoms with Gasteiger partial charge in [-0.3, -0.25) is 0 Å². The number of nitrogens with zero attached hydrogens (tertiary/aromatic N) is 1. The molecule has 4 heteroatoms. The van der Waals surface area contributed by atoms with E-state index in [1.165, 1.54) is 16.0 Å². The van der Waals surface area contributed by atoms with E-state index in [9.17, 15) is 0 Å². The van der Waals surface area contributed by atoms with E-state index in [1.54, 1.807) is 23.1 Å². The van der Waals surface area contributed by atoms with E-state index in [0.717, 1.165) is 10.7 Å². The van der Waals surface area contributed by atoms with Crippen molar-refractivity contribution in [3.8, 4) is 11.3 Å². The number of thioether (sulfide) groups is 1. The molecule has 0 radical (unpaired) electrons. The Balaban J connectivity index is 2.49. The molecule has 0 unspecified atom stereocenters. The van der Waals surface area contributed by atoms with Crippen LogP contribution in [0.15, 0.2) is 28.5 Å². The molecular weight excluding hydrogens is 236 g/mol. The summed E-state index contributed by atoms with van der Waals surface area (Å²) >= 11 is 3.37. The van der Waals surface area contributed by atoms with Gasteiger partial charge in [-0.05, 0) is 25.3 Å². The fraction of sp³-hybridized carbons (Fsp3) is 0.250. The Bertz CT molecular complexity index is 492. The van der Waals surface area contributed by atoms with Crippen molar-refractivity contribution in [2.24, 2.45) is 5.73 Å². The summed E-state index contributed by atoms with van der Waals surface area (Å²) in [6, 6.07) is 6.46. The quantitative estimate of drug-likeness (QED) is 0.850. The lowest BCUT2D eigenvalue weighted by Crippen LogP contribution is -1.94. The molecule has 84 valence electrons. The van der Waals surface area contributed by atoms with Crippen LogP contribution >= 0.6 is 23.1 Å². The molecule has 0 atom stereocenters. The van der Waals surface area contributed by atoms with Crippen LogP contribution in [-0.2, 0) is 6.54 Å². The van der Waals surface area contributed by atoms with Gasteiger partial charge in [-0.2, -0.15) is 0 Å². The molecule has 16 heavy (non-hydrogen) atoms. The average Bonchev–Trinajstić information content (AvgIpc) is 2.77. The van der Waals surface area contributed by atoms with Gasteiger partial charge in [0, 0.05) is 22.4 Å². The number of rotatable bonds is 3. The molecule has 0 saturated heterocycles. The van der Waals surface area contributed by atoms with E-state index in [4.69, 9.17) is 5.73 Å².